The topological polar surface area (TPSA) is 46.2 Å². The summed E-state index contributed by atoms with van der Waals surface area (Å²) >= 11 is 0. The van der Waals surface area contributed by atoms with Gasteiger partial charge >= 0.3 is 0 Å². The van der Waals surface area contributed by atoms with Gasteiger partial charge in [-0.15, -0.1) is 0 Å². The number of nitrogens with one attached hydrogen (secondary N) is 1. The van der Waals surface area contributed by atoms with E-state index in [0.29, 0.717) is 6.42 Å². The van der Waals surface area contributed by atoms with Crippen LogP contribution >= 0.6 is 0 Å². The Morgan fingerprint density at radius 3 is 2.84 bits per heavy atom. The van der Waals surface area contributed by atoms with Crippen LogP contribution in [0.5, 0.6) is 0 Å². The van der Waals surface area contributed by atoms with Gasteiger partial charge in [-0.3, -0.25) is 0 Å². The average Bonchev–Trinajstić information content (AvgIpc) is 2.66. The second kappa shape index (κ2) is 4.56. The molecule has 1 aromatic rings. The van der Waals surface area contributed by atoms with Crippen LogP contribution in [-0.2, 0) is 9.84 Å². The summed E-state index contributed by atoms with van der Waals surface area (Å²) in [6, 6.07) is 6.59. The Balaban J connectivity index is 1.98. The molecule has 2 saturated heterocycles. The van der Waals surface area contributed by atoms with Crippen LogP contribution < -0.4 is 5.32 Å². The van der Waals surface area contributed by atoms with Gasteiger partial charge in [-0.25, -0.2) is 12.8 Å². The molecule has 0 amide bonds. The van der Waals surface area contributed by atoms with Crippen LogP contribution in [0.1, 0.15) is 24.3 Å². The second-order valence-corrected chi connectivity index (χ2v) is 7.95. The minimum Gasteiger partial charge on any atom is -0.316 e. The van der Waals surface area contributed by atoms with E-state index in [0.717, 1.165) is 25.1 Å². The first-order valence-corrected chi connectivity index (χ1v) is 8.50. The lowest BCUT2D eigenvalue weighted by molar-refractivity contribution is 0.196. The van der Waals surface area contributed by atoms with E-state index in [9.17, 15) is 12.8 Å². The van der Waals surface area contributed by atoms with Crippen molar-refractivity contribution in [2.45, 2.75) is 18.8 Å². The highest BCUT2D eigenvalue weighted by molar-refractivity contribution is 7.91. The van der Waals surface area contributed by atoms with Gasteiger partial charge in [0, 0.05) is 12.5 Å². The summed E-state index contributed by atoms with van der Waals surface area (Å²) in [6.45, 7) is 1.58. The predicted molar refractivity (Wildman–Crippen MR) is 72.3 cm³/mol. The lowest BCUT2D eigenvalue weighted by atomic mass is 9.67. The third-order valence-electron chi connectivity index (χ3n) is 4.56. The summed E-state index contributed by atoms with van der Waals surface area (Å²) in [5.41, 5.74) is 0.724. The molecule has 2 aliphatic heterocycles. The van der Waals surface area contributed by atoms with Crippen LogP contribution in [0.4, 0.5) is 4.39 Å². The summed E-state index contributed by atoms with van der Waals surface area (Å²) in [5.74, 6) is 0.370. The largest absolute Gasteiger partial charge is 0.316 e. The zero-order valence-corrected chi connectivity index (χ0v) is 11.5. The first kappa shape index (κ1) is 13.1. The number of hydrogen-bond donors (Lipinski definition) is 1. The minimum atomic E-state index is -2.93. The summed E-state index contributed by atoms with van der Waals surface area (Å²) in [6.07, 6.45) is 1.56. The molecule has 2 fully saturated rings. The van der Waals surface area contributed by atoms with E-state index in [1.54, 1.807) is 12.1 Å². The summed E-state index contributed by atoms with van der Waals surface area (Å²) in [5, 5.41) is 3.31. The van der Waals surface area contributed by atoms with Crippen LogP contribution in [0, 0.1) is 11.2 Å². The normalized spacial score (nSPS) is 33.6. The highest BCUT2D eigenvalue weighted by Gasteiger charge is 2.49. The molecule has 0 bridgehead atoms. The molecule has 3 nitrogen and oxygen atoms in total. The highest BCUT2D eigenvalue weighted by Crippen LogP contribution is 2.48. The zero-order chi connectivity index (χ0) is 13.5. The third kappa shape index (κ3) is 2.41. The van der Waals surface area contributed by atoms with E-state index >= 15 is 0 Å². The number of rotatable bonds is 1. The number of piperidine rings is 1. The van der Waals surface area contributed by atoms with Crippen LogP contribution in [0.3, 0.4) is 0 Å². The second-order valence-electron chi connectivity index (χ2n) is 5.77. The number of sulfone groups is 1. The molecule has 1 spiro atoms. The SMILES string of the molecule is O=S1(=O)CCC2(CCNCC2c2cccc(F)c2)C1. The maximum Gasteiger partial charge on any atom is 0.150 e. The zero-order valence-electron chi connectivity index (χ0n) is 10.7. The van der Waals surface area contributed by atoms with E-state index in [1.165, 1.54) is 6.07 Å². The molecule has 2 aliphatic rings. The van der Waals surface area contributed by atoms with Crippen LogP contribution in [0.15, 0.2) is 24.3 Å². The van der Waals surface area contributed by atoms with Gasteiger partial charge in [0.25, 0.3) is 0 Å². The first-order valence-electron chi connectivity index (χ1n) is 6.67. The lowest BCUT2D eigenvalue weighted by Crippen LogP contribution is -2.44. The number of hydrogen-bond acceptors (Lipinski definition) is 3. The maximum absolute atomic E-state index is 13.4. The lowest BCUT2D eigenvalue weighted by Gasteiger charge is -2.41. The molecular formula is C14H18FNO2S. The molecule has 2 atom stereocenters. The van der Waals surface area contributed by atoms with Crippen molar-refractivity contribution in [2.75, 3.05) is 24.6 Å². The number of benzene rings is 1. The van der Waals surface area contributed by atoms with E-state index in [4.69, 9.17) is 0 Å². The Morgan fingerprint density at radius 2 is 2.16 bits per heavy atom. The molecule has 3 rings (SSSR count). The van der Waals surface area contributed by atoms with E-state index in [-0.39, 0.29) is 28.7 Å². The third-order valence-corrected chi connectivity index (χ3v) is 6.40. The standard InChI is InChI=1S/C14H18FNO2S/c15-12-3-1-2-11(8-12)13-9-16-6-4-14(13)5-7-19(17,18)10-14/h1-3,8,13,16H,4-7,9-10H2. The number of halogens is 1. The van der Waals surface area contributed by atoms with Crippen molar-refractivity contribution in [3.05, 3.63) is 35.6 Å². The van der Waals surface area contributed by atoms with E-state index < -0.39 is 9.84 Å². The fourth-order valence-electron chi connectivity index (χ4n) is 3.58. The molecule has 104 valence electrons. The summed E-state index contributed by atoms with van der Waals surface area (Å²) in [7, 11) is -2.93. The van der Waals surface area contributed by atoms with E-state index in [1.807, 2.05) is 6.07 Å². The van der Waals surface area contributed by atoms with Crippen LogP contribution in [-0.4, -0.2) is 33.0 Å². The highest BCUT2D eigenvalue weighted by atomic mass is 32.2. The Kier molecular flexibility index (Phi) is 3.14. The maximum atomic E-state index is 13.4. The Bertz CT molecular complexity index is 587. The Hall–Kier alpha value is -0.940. The fourth-order valence-corrected chi connectivity index (χ4v) is 5.81. The van der Waals surface area contributed by atoms with Gasteiger partial charge in [0.2, 0.25) is 0 Å². The van der Waals surface area contributed by atoms with Crippen molar-refractivity contribution in [2.24, 2.45) is 5.41 Å². The molecule has 2 heterocycles. The molecule has 0 radical (unpaired) electrons. The molecular weight excluding hydrogens is 265 g/mol. The van der Waals surface area contributed by atoms with Gasteiger partial charge in [-0.1, -0.05) is 12.1 Å². The van der Waals surface area contributed by atoms with Crippen molar-refractivity contribution in [3.63, 3.8) is 0 Å². The van der Waals surface area contributed by atoms with Crippen molar-refractivity contribution >= 4 is 9.84 Å². The fraction of sp³-hybridized carbons (Fsp3) is 0.571. The molecule has 1 N–H and O–H groups in total. The molecule has 0 saturated carbocycles. The molecule has 0 aromatic heterocycles. The summed E-state index contributed by atoms with van der Waals surface area (Å²) in [4.78, 5) is 0. The van der Waals surface area contributed by atoms with Crippen LogP contribution in [0.25, 0.3) is 0 Å². The van der Waals surface area contributed by atoms with Gasteiger partial charge in [0.05, 0.1) is 11.5 Å². The molecule has 5 heteroatoms. The van der Waals surface area contributed by atoms with Gasteiger partial charge in [0.15, 0.2) is 9.84 Å². The molecule has 1 aromatic carbocycles. The monoisotopic (exact) mass is 283 g/mol. The van der Waals surface area contributed by atoms with Crippen molar-refractivity contribution in [1.82, 2.24) is 5.32 Å². The van der Waals surface area contributed by atoms with Crippen LogP contribution in [0.2, 0.25) is 0 Å². The van der Waals surface area contributed by atoms with Crippen molar-refractivity contribution in [3.8, 4) is 0 Å². The van der Waals surface area contributed by atoms with Gasteiger partial charge in [0.1, 0.15) is 5.82 Å². The Morgan fingerprint density at radius 1 is 1.32 bits per heavy atom. The van der Waals surface area contributed by atoms with Crippen molar-refractivity contribution in [1.29, 1.82) is 0 Å². The van der Waals surface area contributed by atoms with E-state index in [2.05, 4.69) is 5.32 Å². The average molecular weight is 283 g/mol. The van der Waals surface area contributed by atoms with Gasteiger partial charge < -0.3 is 5.32 Å². The minimum absolute atomic E-state index is 0.0919. The quantitative estimate of drug-likeness (QED) is 0.853. The first-order chi connectivity index (χ1) is 9.01. The molecule has 0 aliphatic carbocycles. The summed E-state index contributed by atoms with van der Waals surface area (Å²) < 4.78 is 37.1. The van der Waals surface area contributed by atoms with Crippen molar-refractivity contribution < 1.29 is 12.8 Å². The van der Waals surface area contributed by atoms with Gasteiger partial charge in [-0.05, 0) is 42.5 Å². The van der Waals surface area contributed by atoms with Gasteiger partial charge in [-0.2, -0.15) is 0 Å². The molecule has 19 heavy (non-hydrogen) atoms. The Labute approximate surface area is 113 Å². The smallest absolute Gasteiger partial charge is 0.150 e. The molecule has 2 unspecified atom stereocenters. The predicted octanol–water partition coefficient (Wildman–Crippen LogP) is 1.71.